The highest BCUT2D eigenvalue weighted by Gasteiger charge is 2.31. The molecular formula is C15H13ClF2S. The maximum Gasteiger partial charge on any atom is 0.282 e. The largest absolute Gasteiger partial charge is 0.282 e. The molecule has 4 heteroatoms. The number of thioether (sulfide) groups is 1. The second-order valence-corrected chi connectivity index (χ2v) is 5.45. The monoisotopic (exact) mass is 298 g/mol. The van der Waals surface area contributed by atoms with Gasteiger partial charge in [0.15, 0.2) is 0 Å². The van der Waals surface area contributed by atoms with Crippen molar-refractivity contribution in [2.24, 2.45) is 0 Å². The van der Waals surface area contributed by atoms with Gasteiger partial charge in [-0.05, 0) is 17.7 Å². The van der Waals surface area contributed by atoms with Crippen molar-refractivity contribution in [3.8, 4) is 0 Å². The highest BCUT2D eigenvalue weighted by molar-refractivity contribution is 7.99. The summed E-state index contributed by atoms with van der Waals surface area (Å²) in [4.78, 5) is 0.824. The number of alkyl halides is 3. The summed E-state index contributed by atoms with van der Waals surface area (Å²) in [5.41, 5.74) is 1.04. The molecule has 2 aromatic rings. The molecule has 0 saturated carbocycles. The van der Waals surface area contributed by atoms with Gasteiger partial charge in [-0.2, -0.15) is 0 Å². The van der Waals surface area contributed by atoms with Crippen molar-refractivity contribution in [3.63, 3.8) is 0 Å². The van der Waals surface area contributed by atoms with Gasteiger partial charge in [0.1, 0.15) is 0 Å². The van der Waals surface area contributed by atoms with Gasteiger partial charge in [0.05, 0.1) is 5.75 Å². The molecule has 0 aromatic heterocycles. The summed E-state index contributed by atoms with van der Waals surface area (Å²) in [6.07, 6.45) is 0. The molecule has 100 valence electrons. The molecule has 0 radical (unpaired) electrons. The second kappa shape index (κ2) is 6.40. The van der Waals surface area contributed by atoms with Crippen LogP contribution in [0.2, 0.25) is 0 Å². The summed E-state index contributed by atoms with van der Waals surface area (Å²) < 4.78 is 27.9. The van der Waals surface area contributed by atoms with Crippen LogP contribution in [-0.2, 0) is 11.8 Å². The van der Waals surface area contributed by atoms with Crippen LogP contribution in [0.1, 0.15) is 11.1 Å². The molecule has 0 atom stereocenters. The van der Waals surface area contributed by atoms with Gasteiger partial charge in [0.25, 0.3) is 5.92 Å². The Bertz CT molecular complexity index is 511. The summed E-state index contributed by atoms with van der Waals surface area (Å²) in [6, 6.07) is 15.3. The summed E-state index contributed by atoms with van der Waals surface area (Å²) in [5, 5.41) is 0. The van der Waals surface area contributed by atoms with Crippen molar-refractivity contribution in [2.75, 3.05) is 5.75 Å². The Labute approximate surface area is 120 Å². The third-order valence-electron chi connectivity index (χ3n) is 2.69. The van der Waals surface area contributed by atoms with E-state index < -0.39 is 5.92 Å². The average Bonchev–Trinajstić information content (AvgIpc) is 2.47. The van der Waals surface area contributed by atoms with Gasteiger partial charge in [-0.25, -0.2) is 8.78 Å². The van der Waals surface area contributed by atoms with E-state index in [1.807, 2.05) is 24.3 Å². The molecule has 0 N–H and O–H groups in total. The van der Waals surface area contributed by atoms with Crippen LogP contribution in [-0.4, -0.2) is 5.75 Å². The fourth-order valence-electron chi connectivity index (χ4n) is 1.61. The Morgan fingerprint density at radius 2 is 1.58 bits per heavy atom. The lowest BCUT2D eigenvalue weighted by Crippen LogP contribution is -2.16. The van der Waals surface area contributed by atoms with Gasteiger partial charge in [0.2, 0.25) is 0 Å². The molecule has 0 nitrogen and oxygen atoms in total. The number of hydrogen-bond acceptors (Lipinski definition) is 1. The van der Waals surface area contributed by atoms with Crippen molar-refractivity contribution in [1.82, 2.24) is 0 Å². The van der Waals surface area contributed by atoms with E-state index in [9.17, 15) is 8.78 Å². The molecule has 19 heavy (non-hydrogen) atoms. The van der Waals surface area contributed by atoms with Crippen molar-refractivity contribution >= 4 is 23.4 Å². The van der Waals surface area contributed by atoms with Crippen LogP contribution in [0.15, 0.2) is 59.5 Å². The van der Waals surface area contributed by atoms with Crippen molar-refractivity contribution in [3.05, 3.63) is 65.7 Å². The zero-order valence-corrected chi connectivity index (χ0v) is 11.7. The molecular weight excluding hydrogens is 286 g/mol. The lowest BCUT2D eigenvalue weighted by atomic mass is 10.1. The Balaban J connectivity index is 2.01. The van der Waals surface area contributed by atoms with Crippen LogP contribution in [0.4, 0.5) is 8.78 Å². The zero-order chi connectivity index (χ0) is 13.7. The van der Waals surface area contributed by atoms with Crippen LogP contribution >= 0.6 is 23.4 Å². The number of hydrogen-bond donors (Lipinski definition) is 0. The highest BCUT2D eigenvalue weighted by atomic mass is 35.5. The van der Waals surface area contributed by atoms with E-state index >= 15 is 0 Å². The van der Waals surface area contributed by atoms with E-state index in [-0.39, 0.29) is 11.3 Å². The van der Waals surface area contributed by atoms with E-state index in [0.717, 1.165) is 22.2 Å². The third kappa shape index (κ3) is 3.95. The average molecular weight is 299 g/mol. The van der Waals surface area contributed by atoms with E-state index in [2.05, 4.69) is 0 Å². The van der Waals surface area contributed by atoms with Gasteiger partial charge in [0, 0.05) is 16.3 Å². The first kappa shape index (κ1) is 14.4. The number of halogens is 3. The molecule has 0 aliphatic heterocycles. The highest BCUT2D eigenvalue weighted by Crippen LogP contribution is 2.34. The minimum absolute atomic E-state index is 0.0554. The van der Waals surface area contributed by atoms with Crippen molar-refractivity contribution in [1.29, 1.82) is 0 Å². The van der Waals surface area contributed by atoms with E-state index in [4.69, 9.17) is 11.6 Å². The van der Waals surface area contributed by atoms with Gasteiger partial charge >= 0.3 is 0 Å². The van der Waals surface area contributed by atoms with E-state index in [1.165, 1.54) is 12.1 Å². The van der Waals surface area contributed by atoms with Gasteiger partial charge in [-0.1, -0.05) is 42.5 Å². The molecule has 0 amide bonds. The predicted molar refractivity (Wildman–Crippen MR) is 77.1 cm³/mol. The lowest BCUT2D eigenvalue weighted by molar-refractivity contribution is 0.0232. The molecule has 0 heterocycles. The second-order valence-electron chi connectivity index (χ2n) is 4.14. The minimum atomic E-state index is -2.82. The topological polar surface area (TPSA) is 0 Å². The Morgan fingerprint density at radius 1 is 0.947 bits per heavy atom. The van der Waals surface area contributed by atoms with Gasteiger partial charge < -0.3 is 0 Å². The van der Waals surface area contributed by atoms with Crippen molar-refractivity contribution in [2.45, 2.75) is 16.7 Å². The van der Waals surface area contributed by atoms with Crippen LogP contribution in [0.3, 0.4) is 0 Å². The summed E-state index contributed by atoms with van der Waals surface area (Å²) >= 11 is 6.83. The molecule has 0 saturated heterocycles. The number of rotatable bonds is 5. The summed E-state index contributed by atoms with van der Waals surface area (Å²) in [6.45, 7) is 0. The van der Waals surface area contributed by atoms with Crippen molar-refractivity contribution < 1.29 is 8.78 Å². The van der Waals surface area contributed by atoms with Crippen LogP contribution < -0.4 is 0 Å². The first-order valence-electron chi connectivity index (χ1n) is 5.83. The maximum absolute atomic E-state index is 13.9. The fraction of sp³-hybridized carbons (Fsp3) is 0.200. The fourth-order valence-corrected chi connectivity index (χ4v) is 2.64. The normalized spacial score (nSPS) is 11.5. The van der Waals surface area contributed by atoms with E-state index in [0.29, 0.717) is 5.88 Å². The maximum atomic E-state index is 13.9. The SMILES string of the molecule is FC(F)(CSc1ccc(CCl)cc1)c1ccccc1. The molecule has 2 aromatic carbocycles. The smallest absolute Gasteiger partial charge is 0.200 e. The number of benzene rings is 2. The van der Waals surface area contributed by atoms with Crippen LogP contribution in [0.5, 0.6) is 0 Å². The standard InChI is InChI=1S/C15H13ClF2S/c16-10-12-6-8-14(9-7-12)19-11-15(17,18)13-4-2-1-3-5-13/h1-9H,10-11H2. The van der Waals surface area contributed by atoms with Crippen LogP contribution in [0.25, 0.3) is 0 Å². The Kier molecular flexibility index (Phi) is 4.83. The summed E-state index contributed by atoms with van der Waals surface area (Å²) in [7, 11) is 0. The first-order valence-corrected chi connectivity index (χ1v) is 7.35. The summed E-state index contributed by atoms with van der Waals surface area (Å²) in [5.74, 6) is -2.65. The zero-order valence-electron chi connectivity index (χ0n) is 10.2. The quantitative estimate of drug-likeness (QED) is 0.532. The Hall–Kier alpha value is -1.06. The van der Waals surface area contributed by atoms with Gasteiger partial charge in [-0.15, -0.1) is 23.4 Å². The minimum Gasteiger partial charge on any atom is -0.200 e. The molecule has 0 spiro atoms. The first-order chi connectivity index (χ1) is 9.12. The molecule has 2 rings (SSSR count). The van der Waals surface area contributed by atoms with Gasteiger partial charge in [-0.3, -0.25) is 0 Å². The molecule has 0 unspecified atom stereocenters. The molecule has 0 bridgehead atoms. The molecule has 0 aliphatic rings. The molecule has 0 fully saturated rings. The van der Waals surface area contributed by atoms with E-state index in [1.54, 1.807) is 18.2 Å². The third-order valence-corrected chi connectivity index (χ3v) is 4.11. The Morgan fingerprint density at radius 3 is 2.16 bits per heavy atom. The van der Waals surface area contributed by atoms with Crippen LogP contribution in [0, 0.1) is 0 Å². The lowest BCUT2D eigenvalue weighted by Gasteiger charge is -2.16. The molecule has 0 aliphatic carbocycles. The predicted octanol–water partition coefficient (Wildman–Crippen LogP) is 5.31.